The highest BCUT2D eigenvalue weighted by Crippen LogP contribution is 1.72. The Morgan fingerprint density at radius 2 is 1.12 bits per heavy atom. The van der Waals surface area contributed by atoms with E-state index in [1.54, 1.807) is 0 Å². The van der Waals surface area contributed by atoms with Crippen molar-refractivity contribution in [3.63, 3.8) is 0 Å². The van der Waals surface area contributed by atoms with E-state index in [2.05, 4.69) is 47.2 Å². The molecule has 0 fully saturated rings. The van der Waals surface area contributed by atoms with Crippen molar-refractivity contribution in [3.05, 3.63) is 0 Å². The van der Waals surface area contributed by atoms with Gasteiger partial charge >= 0.3 is 0 Å². The Morgan fingerprint density at radius 1 is 0.688 bits per heavy atom. The van der Waals surface area contributed by atoms with Gasteiger partial charge in [0.1, 0.15) is 0 Å². The van der Waals surface area contributed by atoms with Crippen LogP contribution in [0.1, 0.15) is 26.7 Å². The Morgan fingerprint density at radius 3 is 1.50 bits per heavy atom. The average Bonchev–Trinajstić information content (AvgIpc) is 2.31. The minimum atomic E-state index is 0.944. The van der Waals surface area contributed by atoms with E-state index in [9.17, 15) is 0 Å². The lowest BCUT2D eigenvalue weighted by Crippen LogP contribution is -2.20. The minimum absolute atomic E-state index is 0.944. The summed E-state index contributed by atoms with van der Waals surface area (Å²) in [5.74, 6) is 0. The number of hydrogen-bond acceptors (Lipinski definition) is 4. The smallest absolute Gasteiger partial charge is 0.0276 e. The van der Waals surface area contributed by atoms with E-state index in [0.29, 0.717) is 0 Å². The number of hydrogen-bond donors (Lipinski definition) is 4. The van der Waals surface area contributed by atoms with Gasteiger partial charge in [-0.2, -0.15) is 0 Å². The molecule has 16 heavy (non-hydrogen) atoms. The van der Waals surface area contributed by atoms with Crippen molar-refractivity contribution in [3.8, 4) is 12.1 Å². The highest BCUT2D eigenvalue weighted by Gasteiger charge is 1.84. The molecule has 4 nitrogen and oxygen atoms in total. The highest BCUT2D eigenvalue weighted by atomic mass is 14.9. The molecule has 0 bridgehead atoms. The Labute approximate surface area is 100.0 Å². The molecule has 0 rings (SSSR count). The molecule has 0 spiro atoms. The Kier molecular flexibility index (Phi) is 13.3. The molecule has 0 radical (unpaired) electrons. The van der Waals surface area contributed by atoms with E-state index in [4.69, 9.17) is 0 Å². The van der Waals surface area contributed by atoms with Gasteiger partial charge in [0.2, 0.25) is 0 Å². The van der Waals surface area contributed by atoms with Crippen molar-refractivity contribution >= 4 is 0 Å². The van der Waals surface area contributed by atoms with E-state index in [1.807, 2.05) is 0 Å². The molecule has 0 aliphatic heterocycles. The summed E-state index contributed by atoms with van der Waals surface area (Å²) in [7, 11) is 0. The lowest BCUT2D eigenvalue weighted by Gasteiger charge is -2.00. The molecule has 0 amide bonds. The normalized spacial score (nSPS) is 9.38. The average molecular weight is 226 g/mol. The molecule has 4 N–H and O–H groups in total. The first-order valence-electron chi connectivity index (χ1n) is 6.29. The summed E-state index contributed by atoms with van der Waals surface area (Å²) >= 11 is 0. The highest BCUT2D eigenvalue weighted by molar-refractivity contribution is 4.93. The maximum Gasteiger partial charge on any atom is 0.0276 e. The molecule has 0 saturated heterocycles. The van der Waals surface area contributed by atoms with Gasteiger partial charge in [-0.15, -0.1) is 0 Å². The summed E-state index contributed by atoms with van der Waals surface area (Å²) in [5, 5.41) is 12.7. The largest absolute Gasteiger partial charge is 0.344 e. The molecule has 0 unspecified atom stereocenters. The van der Waals surface area contributed by atoms with E-state index in [1.165, 1.54) is 0 Å². The van der Waals surface area contributed by atoms with Crippen LogP contribution in [0.4, 0.5) is 0 Å². The van der Waals surface area contributed by atoms with Gasteiger partial charge in [-0.25, -0.2) is 0 Å². The summed E-state index contributed by atoms with van der Waals surface area (Å²) in [5.41, 5.74) is 0. The van der Waals surface area contributed by atoms with Gasteiger partial charge in [0.05, 0.1) is 0 Å². The second kappa shape index (κ2) is 14.1. The van der Waals surface area contributed by atoms with Gasteiger partial charge in [0, 0.05) is 25.2 Å². The van der Waals surface area contributed by atoms with Gasteiger partial charge in [0.15, 0.2) is 0 Å². The Bertz CT molecular complexity index is 165. The molecule has 0 aromatic heterocycles. The molecule has 4 heteroatoms. The van der Waals surface area contributed by atoms with Gasteiger partial charge in [-0.05, 0) is 39.0 Å². The molecule has 94 valence electrons. The van der Waals surface area contributed by atoms with E-state index < -0.39 is 0 Å². The third-order valence-electron chi connectivity index (χ3n) is 2.05. The van der Waals surface area contributed by atoms with Crippen LogP contribution in [0, 0.1) is 12.1 Å². The third-order valence-corrected chi connectivity index (χ3v) is 2.05. The number of rotatable bonds is 10. The summed E-state index contributed by atoms with van der Waals surface area (Å²) in [6.07, 6.45) is 2.23. The first-order chi connectivity index (χ1) is 7.91. The van der Waals surface area contributed by atoms with Gasteiger partial charge in [-0.1, -0.05) is 13.8 Å². The van der Waals surface area contributed by atoms with Crippen molar-refractivity contribution in [2.24, 2.45) is 0 Å². The second-order valence-corrected chi connectivity index (χ2v) is 3.52. The first kappa shape index (κ1) is 15.1. The van der Waals surface area contributed by atoms with Crippen LogP contribution in [0.25, 0.3) is 0 Å². The molecule has 0 aliphatic rings. The van der Waals surface area contributed by atoms with Crippen molar-refractivity contribution < 1.29 is 0 Å². The Balaban J connectivity index is 3.04. The fourth-order valence-electron chi connectivity index (χ4n) is 1.17. The quantitative estimate of drug-likeness (QED) is 0.242. The van der Waals surface area contributed by atoms with Crippen molar-refractivity contribution in [2.45, 2.75) is 26.7 Å². The van der Waals surface area contributed by atoms with E-state index in [0.717, 1.165) is 52.1 Å². The molecule has 0 heterocycles. The predicted octanol–water partition coefficient (Wildman–Crippen LogP) is 0.0832. The SMILES string of the molecule is CCNCCCNC#CNCCCNCC. The van der Waals surface area contributed by atoms with E-state index >= 15 is 0 Å². The molecule has 0 atom stereocenters. The summed E-state index contributed by atoms with van der Waals surface area (Å²) in [6, 6.07) is 5.79. The fourth-order valence-corrected chi connectivity index (χ4v) is 1.17. The van der Waals surface area contributed by atoms with Crippen LogP contribution >= 0.6 is 0 Å². The zero-order valence-corrected chi connectivity index (χ0v) is 10.7. The van der Waals surface area contributed by atoms with Crippen LogP contribution in [0.3, 0.4) is 0 Å². The molecule has 0 aromatic rings. The summed E-state index contributed by atoms with van der Waals surface area (Å²) < 4.78 is 0. The molecule has 0 aliphatic carbocycles. The lowest BCUT2D eigenvalue weighted by molar-refractivity contribution is 0.653. The first-order valence-corrected chi connectivity index (χ1v) is 6.29. The van der Waals surface area contributed by atoms with Crippen LogP contribution in [-0.2, 0) is 0 Å². The molecular formula is C12H26N4. The van der Waals surface area contributed by atoms with Gasteiger partial charge in [0.25, 0.3) is 0 Å². The monoisotopic (exact) mass is 226 g/mol. The summed E-state index contributed by atoms with van der Waals surface area (Å²) in [6.45, 7) is 10.3. The fraction of sp³-hybridized carbons (Fsp3) is 0.833. The zero-order valence-electron chi connectivity index (χ0n) is 10.7. The van der Waals surface area contributed by atoms with Crippen LogP contribution in [0.5, 0.6) is 0 Å². The zero-order chi connectivity index (χ0) is 11.9. The Hall–Kier alpha value is -0.920. The van der Waals surface area contributed by atoms with Crippen LogP contribution < -0.4 is 21.3 Å². The third kappa shape index (κ3) is 13.1. The molecule has 0 saturated carbocycles. The molecular weight excluding hydrogens is 200 g/mol. The topological polar surface area (TPSA) is 48.1 Å². The maximum atomic E-state index is 3.27. The summed E-state index contributed by atoms with van der Waals surface area (Å²) in [4.78, 5) is 0. The van der Waals surface area contributed by atoms with Crippen molar-refractivity contribution in [1.29, 1.82) is 0 Å². The van der Waals surface area contributed by atoms with Gasteiger partial charge < -0.3 is 21.3 Å². The van der Waals surface area contributed by atoms with Crippen LogP contribution in [0.15, 0.2) is 0 Å². The van der Waals surface area contributed by atoms with Gasteiger partial charge in [-0.3, -0.25) is 0 Å². The second-order valence-electron chi connectivity index (χ2n) is 3.52. The van der Waals surface area contributed by atoms with Crippen LogP contribution in [0.2, 0.25) is 0 Å². The van der Waals surface area contributed by atoms with Crippen molar-refractivity contribution in [2.75, 3.05) is 39.3 Å². The number of nitrogens with one attached hydrogen (secondary N) is 4. The standard InChI is InChI=1S/C12H26N4/c1-3-13-7-5-9-15-11-12-16-10-6-8-14-4-2/h13-16H,3-10H2,1-2H3. The lowest BCUT2D eigenvalue weighted by atomic mass is 10.4. The van der Waals surface area contributed by atoms with Crippen molar-refractivity contribution in [1.82, 2.24) is 21.3 Å². The van der Waals surface area contributed by atoms with Crippen LogP contribution in [-0.4, -0.2) is 39.3 Å². The van der Waals surface area contributed by atoms with E-state index in [-0.39, 0.29) is 0 Å². The maximum absolute atomic E-state index is 3.27. The minimum Gasteiger partial charge on any atom is -0.344 e. The molecule has 0 aromatic carbocycles. The predicted molar refractivity (Wildman–Crippen MR) is 70.1 cm³/mol.